The molecule has 100 valence electrons. The van der Waals surface area contributed by atoms with E-state index in [0.29, 0.717) is 6.54 Å². The number of carbonyl (C=O) groups excluding carboxylic acids is 1. The smallest absolute Gasteiger partial charge is 0.257 e. The van der Waals surface area contributed by atoms with Crippen LogP contribution in [0.5, 0.6) is 5.75 Å². The zero-order valence-corrected chi connectivity index (χ0v) is 11.2. The van der Waals surface area contributed by atoms with E-state index in [-0.39, 0.29) is 28.2 Å². The van der Waals surface area contributed by atoms with Crippen molar-refractivity contribution < 1.29 is 17.9 Å². The average Bonchev–Trinajstić information content (AvgIpc) is 2.26. The number of hydrogen-bond acceptors (Lipinski definition) is 4. The van der Waals surface area contributed by atoms with Crippen molar-refractivity contribution in [2.45, 2.75) is 11.8 Å². The van der Waals surface area contributed by atoms with E-state index in [9.17, 15) is 13.2 Å². The molecule has 0 spiro atoms. The molecule has 1 rings (SSSR count). The molecule has 0 aromatic heterocycles. The van der Waals surface area contributed by atoms with Crippen LogP contribution in [0.3, 0.4) is 0 Å². The van der Waals surface area contributed by atoms with E-state index in [2.05, 4.69) is 5.32 Å². The van der Waals surface area contributed by atoms with Gasteiger partial charge < -0.3 is 10.1 Å². The topological polar surface area (TPSA) is 98.5 Å². The summed E-state index contributed by atoms with van der Waals surface area (Å²) in [7, 11) is -3.80. The summed E-state index contributed by atoms with van der Waals surface area (Å²) in [6.45, 7) is 2.09. The molecular weight excluding hydrogens is 280 g/mol. The Morgan fingerprint density at radius 1 is 1.50 bits per heavy atom. The summed E-state index contributed by atoms with van der Waals surface area (Å²) in [6.07, 6.45) is 0. The molecule has 1 aromatic rings. The maximum Gasteiger partial charge on any atom is 0.257 e. The third-order valence-electron chi connectivity index (χ3n) is 1.96. The van der Waals surface area contributed by atoms with Crippen LogP contribution in [0.2, 0.25) is 5.02 Å². The lowest BCUT2D eigenvalue weighted by molar-refractivity contribution is -0.122. The van der Waals surface area contributed by atoms with Gasteiger partial charge in [0.1, 0.15) is 5.75 Å². The number of primary sulfonamides is 1. The molecule has 0 aliphatic carbocycles. The lowest BCUT2D eigenvalue weighted by Gasteiger charge is -2.08. The third-order valence-corrected chi connectivity index (χ3v) is 3.17. The minimum Gasteiger partial charge on any atom is -0.482 e. The first-order chi connectivity index (χ1) is 8.34. The zero-order valence-electron chi connectivity index (χ0n) is 9.64. The van der Waals surface area contributed by atoms with Gasteiger partial charge in [0.05, 0.1) is 9.92 Å². The first-order valence-electron chi connectivity index (χ1n) is 5.06. The van der Waals surface area contributed by atoms with Crippen LogP contribution in [-0.4, -0.2) is 27.5 Å². The van der Waals surface area contributed by atoms with Crippen molar-refractivity contribution >= 4 is 27.5 Å². The Bertz CT molecular complexity index is 545. The minimum absolute atomic E-state index is 0.0748. The van der Waals surface area contributed by atoms with Crippen molar-refractivity contribution in [2.75, 3.05) is 13.2 Å². The van der Waals surface area contributed by atoms with Crippen molar-refractivity contribution in [1.29, 1.82) is 0 Å². The standard InChI is InChI=1S/C10H13ClN2O4S/c1-2-13-10(14)6-17-9-4-3-7(5-8(9)11)18(12,15)16/h3-5H,2,6H2,1H3,(H,13,14)(H2,12,15,16). The van der Waals surface area contributed by atoms with E-state index in [4.69, 9.17) is 21.5 Å². The molecule has 0 heterocycles. The second kappa shape index (κ2) is 6.03. The van der Waals surface area contributed by atoms with Crippen LogP contribution in [0.4, 0.5) is 0 Å². The molecule has 0 aliphatic heterocycles. The maximum atomic E-state index is 11.2. The van der Waals surface area contributed by atoms with Crippen molar-refractivity contribution in [3.63, 3.8) is 0 Å². The van der Waals surface area contributed by atoms with Gasteiger partial charge in [0, 0.05) is 6.54 Å². The normalized spacial score (nSPS) is 11.1. The monoisotopic (exact) mass is 292 g/mol. The van der Waals surface area contributed by atoms with E-state index >= 15 is 0 Å². The number of hydrogen-bond donors (Lipinski definition) is 2. The predicted molar refractivity (Wildman–Crippen MR) is 67.0 cm³/mol. The fourth-order valence-electron chi connectivity index (χ4n) is 1.17. The minimum atomic E-state index is -3.80. The molecule has 0 fully saturated rings. The number of amides is 1. The van der Waals surface area contributed by atoms with Gasteiger partial charge in [-0.15, -0.1) is 0 Å². The molecule has 8 heteroatoms. The molecule has 3 N–H and O–H groups in total. The molecule has 0 saturated heterocycles. The van der Waals surface area contributed by atoms with Gasteiger partial charge in [0.2, 0.25) is 10.0 Å². The Kier molecular flexibility index (Phi) is 4.94. The van der Waals surface area contributed by atoms with Gasteiger partial charge in [-0.1, -0.05) is 11.6 Å². The molecule has 0 saturated carbocycles. The van der Waals surface area contributed by atoms with Gasteiger partial charge in [-0.2, -0.15) is 0 Å². The lowest BCUT2D eigenvalue weighted by atomic mass is 10.3. The second-order valence-electron chi connectivity index (χ2n) is 3.38. The highest BCUT2D eigenvalue weighted by Crippen LogP contribution is 2.26. The van der Waals surface area contributed by atoms with Gasteiger partial charge in [0.15, 0.2) is 6.61 Å². The first-order valence-corrected chi connectivity index (χ1v) is 6.99. The summed E-state index contributed by atoms with van der Waals surface area (Å²) in [6, 6.07) is 3.78. The van der Waals surface area contributed by atoms with E-state index in [0.717, 1.165) is 0 Å². The number of nitrogens with two attached hydrogens (primary N) is 1. The molecule has 0 atom stereocenters. The Hall–Kier alpha value is -1.31. The summed E-state index contributed by atoms with van der Waals surface area (Å²) in [5.74, 6) is -0.0700. The molecule has 6 nitrogen and oxygen atoms in total. The number of sulfonamides is 1. The summed E-state index contributed by atoms with van der Waals surface area (Å²) in [4.78, 5) is 11.0. The first kappa shape index (κ1) is 14.7. The fourth-order valence-corrected chi connectivity index (χ4v) is 2.01. The number of likely N-dealkylation sites (N-methyl/N-ethyl adjacent to an activating group) is 1. The fraction of sp³-hybridized carbons (Fsp3) is 0.300. The number of ether oxygens (including phenoxy) is 1. The van der Waals surface area contributed by atoms with E-state index in [1.54, 1.807) is 6.92 Å². The van der Waals surface area contributed by atoms with Crippen molar-refractivity contribution in [3.8, 4) is 5.75 Å². The largest absolute Gasteiger partial charge is 0.482 e. The number of halogens is 1. The molecule has 0 unspecified atom stereocenters. The molecule has 1 aromatic carbocycles. The molecular formula is C10H13ClN2O4S. The Morgan fingerprint density at radius 3 is 2.67 bits per heavy atom. The Balaban J connectivity index is 2.78. The van der Waals surface area contributed by atoms with Crippen molar-refractivity contribution in [1.82, 2.24) is 5.32 Å². The molecule has 1 amide bonds. The highest BCUT2D eigenvalue weighted by molar-refractivity contribution is 7.89. The molecule has 0 aliphatic rings. The van der Waals surface area contributed by atoms with Crippen molar-refractivity contribution in [3.05, 3.63) is 23.2 Å². The van der Waals surface area contributed by atoms with Crippen LogP contribution in [0.1, 0.15) is 6.92 Å². The highest BCUT2D eigenvalue weighted by atomic mass is 35.5. The maximum absolute atomic E-state index is 11.2. The van der Waals surface area contributed by atoms with Crippen LogP contribution in [0.15, 0.2) is 23.1 Å². The van der Waals surface area contributed by atoms with Crippen LogP contribution in [0.25, 0.3) is 0 Å². The van der Waals surface area contributed by atoms with Crippen LogP contribution in [-0.2, 0) is 14.8 Å². The number of carbonyl (C=O) groups is 1. The van der Waals surface area contributed by atoms with Crippen molar-refractivity contribution in [2.24, 2.45) is 5.14 Å². The van der Waals surface area contributed by atoms with Gasteiger partial charge in [-0.05, 0) is 25.1 Å². The zero-order chi connectivity index (χ0) is 13.8. The summed E-state index contributed by atoms with van der Waals surface area (Å²) in [5, 5.41) is 7.57. The Labute approximate surface area is 110 Å². The predicted octanol–water partition coefficient (Wildman–Crippen LogP) is 0.502. The van der Waals surface area contributed by atoms with Gasteiger partial charge >= 0.3 is 0 Å². The number of rotatable bonds is 5. The lowest BCUT2D eigenvalue weighted by Crippen LogP contribution is -2.28. The van der Waals surface area contributed by atoms with E-state index in [1.165, 1.54) is 18.2 Å². The van der Waals surface area contributed by atoms with E-state index < -0.39 is 10.0 Å². The molecule has 0 radical (unpaired) electrons. The van der Waals surface area contributed by atoms with Crippen LogP contribution < -0.4 is 15.2 Å². The highest BCUT2D eigenvalue weighted by Gasteiger charge is 2.12. The number of benzene rings is 1. The van der Waals surface area contributed by atoms with Gasteiger partial charge in [-0.25, -0.2) is 13.6 Å². The van der Waals surface area contributed by atoms with Crippen LogP contribution in [0, 0.1) is 0 Å². The number of nitrogens with one attached hydrogen (secondary N) is 1. The molecule has 18 heavy (non-hydrogen) atoms. The SMILES string of the molecule is CCNC(=O)COc1ccc(S(N)(=O)=O)cc1Cl. The van der Waals surface area contributed by atoms with Gasteiger partial charge in [0.25, 0.3) is 5.91 Å². The third kappa shape index (κ3) is 4.17. The Morgan fingerprint density at radius 2 is 2.17 bits per heavy atom. The average molecular weight is 293 g/mol. The molecule has 0 bridgehead atoms. The second-order valence-corrected chi connectivity index (χ2v) is 5.35. The quantitative estimate of drug-likeness (QED) is 0.825. The summed E-state index contributed by atoms with van der Waals surface area (Å²) < 4.78 is 27.3. The summed E-state index contributed by atoms with van der Waals surface area (Å²) in [5.41, 5.74) is 0. The van der Waals surface area contributed by atoms with E-state index in [1.807, 2.05) is 0 Å². The summed E-state index contributed by atoms with van der Waals surface area (Å²) >= 11 is 5.82. The van der Waals surface area contributed by atoms with Crippen LogP contribution >= 0.6 is 11.6 Å². The van der Waals surface area contributed by atoms with Gasteiger partial charge in [-0.3, -0.25) is 4.79 Å².